The second-order valence-electron chi connectivity index (χ2n) is 6.41. The number of amides is 1. The number of rotatable bonds is 7. The third-order valence-corrected chi connectivity index (χ3v) is 4.19. The topological polar surface area (TPSA) is 103 Å². The molecule has 28 heavy (non-hydrogen) atoms. The summed E-state index contributed by atoms with van der Waals surface area (Å²) in [5.74, 6) is 1.02. The highest BCUT2D eigenvalue weighted by Crippen LogP contribution is 2.33. The largest absolute Gasteiger partial charge is 0.497 e. The van der Waals surface area contributed by atoms with Crippen molar-refractivity contribution in [3.63, 3.8) is 0 Å². The summed E-state index contributed by atoms with van der Waals surface area (Å²) in [4.78, 5) is 24.8. The number of nitro groups is 1. The van der Waals surface area contributed by atoms with Crippen LogP contribution in [0.15, 0.2) is 36.4 Å². The molecule has 1 aliphatic heterocycles. The van der Waals surface area contributed by atoms with E-state index in [1.807, 2.05) is 0 Å². The van der Waals surface area contributed by atoms with Gasteiger partial charge in [0.05, 0.1) is 25.2 Å². The van der Waals surface area contributed by atoms with Crippen molar-refractivity contribution in [2.75, 3.05) is 32.8 Å². The minimum atomic E-state index is -0.451. The van der Waals surface area contributed by atoms with E-state index in [1.54, 1.807) is 43.3 Å². The van der Waals surface area contributed by atoms with Gasteiger partial charge in [0.2, 0.25) is 5.91 Å². The Kier molecular flexibility index (Phi) is 6.07. The number of likely N-dealkylation sites (N-methyl/N-ethyl adjacent to an activating group) is 1. The van der Waals surface area contributed by atoms with Gasteiger partial charge in [-0.25, -0.2) is 0 Å². The van der Waals surface area contributed by atoms with Gasteiger partial charge in [-0.1, -0.05) is 6.07 Å². The van der Waals surface area contributed by atoms with Crippen LogP contribution in [0.25, 0.3) is 0 Å². The average Bonchev–Trinajstić information content (AvgIpc) is 2.67. The molecule has 0 aromatic heterocycles. The van der Waals surface area contributed by atoms with E-state index in [0.29, 0.717) is 34.9 Å². The molecule has 9 heteroatoms. The number of ether oxygens (including phenoxy) is 3. The zero-order valence-corrected chi connectivity index (χ0v) is 15.6. The lowest BCUT2D eigenvalue weighted by Gasteiger charge is -2.23. The Hall–Kier alpha value is -3.17. The number of anilines is 1. The molecule has 0 spiro atoms. The Morgan fingerprint density at radius 1 is 1.36 bits per heavy atom. The predicted molar refractivity (Wildman–Crippen MR) is 101 cm³/mol. The van der Waals surface area contributed by atoms with Crippen LogP contribution in [0.2, 0.25) is 0 Å². The Labute approximate surface area is 162 Å². The molecule has 1 amide bonds. The van der Waals surface area contributed by atoms with E-state index < -0.39 is 4.92 Å². The number of methoxy groups -OCH3 is 1. The zero-order chi connectivity index (χ0) is 20.1. The second-order valence-corrected chi connectivity index (χ2v) is 6.41. The van der Waals surface area contributed by atoms with Gasteiger partial charge in [-0.3, -0.25) is 19.8 Å². The molecule has 9 nitrogen and oxygen atoms in total. The highest BCUT2D eigenvalue weighted by Gasteiger charge is 2.22. The summed E-state index contributed by atoms with van der Waals surface area (Å²) in [5.41, 5.74) is 1.87. The fourth-order valence-corrected chi connectivity index (χ4v) is 3.00. The number of nitrogens with one attached hydrogen (secondary N) is 1. The number of hydrogen-bond acceptors (Lipinski definition) is 7. The molecule has 0 radical (unpaired) electrons. The van der Waals surface area contributed by atoms with Gasteiger partial charge in [-0.2, -0.15) is 0 Å². The van der Waals surface area contributed by atoms with Crippen LogP contribution in [0.5, 0.6) is 11.5 Å². The quantitative estimate of drug-likeness (QED) is 0.575. The maximum absolute atomic E-state index is 12.3. The Morgan fingerprint density at radius 2 is 2.18 bits per heavy atom. The second kappa shape index (κ2) is 8.68. The summed E-state index contributed by atoms with van der Waals surface area (Å²) < 4.78 is 15.9. The van der Waals surface area contributed by atoms with Crippen molar-refractivity contribution in [3.05, 3.63) is 57.6 Å². The van der Waals surface area contributed by atoms with Gasteiger partial charge >= 0.3 is 0 Å². The first-order chi connectivity index (χ1) is 13.5. The Morgan fingerprint density at radius 3 is 2.93 bits per heavy atom. The van der Waals surface area contributed by atoms with Crippen molar-refractivity contribution in [3.8, 4) is 11.5 Å². The van der Waals surface area contributed by atoms with Crippen LogP contribution in [0.1, 0.15) is 11.1 Å². The normalized spacial score (nSPS) is 12.8. The van der Waals surface area contributed by atoms with Crippen molar-refractivity contribution < 1.29 is 23.9 Å². The number of nitro benzene ring substituents is 1. The maximum atomic E-state index is 12.3. The summed E-state index contributed by atoms with van der Waals surface area (Å²) in [7, 11) is 3.32. The SMILES string of the molecule is COc1cccc(NC(=O)CN(C)Cc2cc([N+](=O)[O-])cc3c2OCOC3)c1. The Balaban J connectivity index is 1.68. The van der Waals surface area contributed by atoms with Gasteiger partial charge in [0.25, 0.3) is 5.69 Å². The summed E-state index contributed by atoms with van der Waals surface area (Å²) in [6.45, 7) is 0.766. The van der Waals surface area contributed by atoms with E-state index in [9.17, 15) is 14.9 Å². The molecule has 0 unspecified atom stereocenters. The minimum absolute atomic E-state index is 0.0305. The average molecular weight is 387 g/mol. The van der Waals surface area contributed by atoms with Crippen LogP contribution >= 0.6 is 0 Å². The van der Waals surface area contributed by atoms with Gasteiger partial charge in [-0.05, 0) is 19.2 Å². The number of benzene rings is 2. The third-order valence-electron chi connectivity index (χ3n) is 4.19. The predicted octanol–water partition coefficient (Wildman–Crippen LogP) is 2.54. The molecule has 0 saturated heterocycles. The molecule has 0 aliphatic carbocycles. The molecular weight excluding hydrogens is 366 g/mol. The number of nitrogens with zero attached hydrogens (tertiary/aromatic N) is 2. The monoisotopic (exact) mass is 387 g/mol. The number of carbonyl (C=O) groups excluding carboxylic acids is 1. The molecule has 0 fully saturated rings. The van der Waals surface area contributed by atoms with Gasteiger partial charge in [0, 0.05) is 41.6 Å². The number of hydrogen-bond donors (Lipinski definition) is 1. The molecular formula is C19H21N3O6. The molecule has 1 heterocycles. The van der Waals surface area contributed by atoms with Crippen molar-refractivity contribution in [2.24, 2.45) is 0 Å². The first-order valence-electron chi connectivity index (χ1n) is 8.59. The van der Waals surface area contributed by atoms with Crippen LogP contribution in [-0.2, 0) is 22.7 Å². The first-order valence-corrected chi connectivity index (χ1v) is 8.59. The van der Waals surface area contributed by atoms with Crippen molar-refractivity contribution in [1.82, 2.24) is 4.90 Å². The molecule has 1 aliphatic rings. The van der Waals surface area contributed by atoms with E-state index in [1.165, 1.54) is 12.1 Å². The first kappa shape index (κ1) is 19.6. The molecule has 2 aromatic carbocycles. The molecule has 1 N–H and O–H groups in total. The molecule has 0 atom stereocenters. The van der Waals surface area contributed by atoms with Crippen LogP contribution in [0.4, 0.5) is 11.4 Å². The van der Waals surface area contributed by atoms with Crippen LogP contribution in [0, 0.1) is 10.1 Å². The number of fused-ring (bicyclic) bond motifs is 1. The van der Waals surface area contributed by atoms with E-state index in [2.05, 4.69) is 5.32 Å². The maximum Gasteiger partial charge on any atom is 0.270 e. The van der Waals surface area contributed by atoms with Gasteiger partial charge in [0.15, 0.2) is 6.79 Å². The summed E-state index contributed by atoms with van der Waals surface area (Å²) in [6.07, 6.45) is 0. The fourth-order valence-electron chi connectivity index (χ4n) is 3.00. The van der Waals surface area contributed by atoms with E-state index in [-0.39, 0.29) is 31.5 Å². The van der Waals surface area contributed by atoms with Crippen LogP contribution in [-0.4, -0.2) is 43.2 Å². The molecule has 2 aromatic rings. The molecule has 3 rings (SSSR count). The van der Waals surface area contributed by atoms with E-state index in [0.717, 1.165) is 0 Å². The standard InChI is InChI=1S/C19H21N3O6/c1-21(10-18(23)20-15-4-3-5-17(8-15)26-2)9-13-6-16(22(24)25)7-14-11-27-12-28-19(13)14/h3-8H,9-12H2,1-2H3,(H,20,23). The van der Waals surface area contributed by atoms with Gasteiger partial charge in [-0.15, -0.1) is 0 Å². The lowest BCUT2D eigenvalue weighted by atomic mass is 10.1. The van der Waals surface area contributed by atoms with Crippen molar-refractivity contribution >= 4 is 17.3 Å². The smallest absolute Gasteiger partial charge is 0.270 e. The van der Waals surface area contributed by atoms with Crippen LogP contribution in [0.3, 0.4) is 0 Å². The minimum Gasteiger partial charge on any atom is -0.497 e. The van der Waals surface area contributed by atoms with E-state index >= 15 is 0 Å². The third kappa shape index (κ3) is 4.76. The molecule has 0 bridgehead atoms. The number of non-ortho nitro benzene ring substituents is 1. The van der Waals surface area contributed by atoms with Gasteiger partial charge < -0.3 is 19.5 Å². The summed E-state index contributed by atoms with van der Waals surface area (Å²) in [6, 6.07) is 9.99. The number of carbonyl (C=O) groups is 1. The van der Waals surface area contributed by atoms with E-state index in [4.69, 9.17) is 14.2 Å². The van der Waals surface area contributed by atoms with Crippen molar-refractivity contribution in [2.45, 2.75) is 13.2 Å². The van der Waals surface area contributed by atoms with Crippen LogP contribution < -0.4 is 14.8 Å². The summed E-state index contributed by atoms with van der Waals surface area (Å²) >= 11 is 0. The fraction of sp³-hybridized carbons (Fsp3) is 0.316. The van der Waals surface area contributed by atoms with Gasteiger partial charge in [0.1, 0.15) is 11.5 Å². The molecule has 148 valence electrons. The summed E-state index contributed by atoms with van der Waals surface area (Å²) in [5, 5.41) is 14.0. The molecule has 0 saturated carbocycles. The van der Waals surface area contributed by atoms with Crippen molar-refractivity contribution in [1.29, 1.82) is 0 Å². The lowest BCUT2D eigenvalue weighted by Crippen LogP contribution is -2.30. The highest BCUT2D eigenvalue weighted by atomic mass is 16.7. The Bertz CT molecular complexity index is 886. The lowest BCUT2D eigenvalue weighted by molar-refractivity contribution is -0.385. The zero-order valence-electron chi connectivity index (χ0n) is 15.6. The highest BCUT2D eigenvalue weighted by molar-refractivity contribution is 5.92.